The zero-order chi connectivity index (χ0) is 12.5. The summed E-state index contributed by atoms with van der Waals surface area (Å²) in [6.45, 7) is 4.29. The lowest BCUT2D eigenvalue weighted by molar-refractivity contribution is -0.160. The SMILES string of the molecule is CCOC(=O)[C@@]1(C)CN(C)c2ncccc2O1. The molecule has 1 aliphatic rings. The largest absolute Gasteiger partial charge is 0.470 e. The molecular weight excluding hydrogens is 220 g/mol. The number of hydrogen-bond acceptors (Lipinski definition) is 5. The summed E-state index contributed by atoms with van der Waals surface area (Å²) in [5.41, 5.74) is -0.971. The van der Waals surface area contributed by atoms with Crippen LogP contribution in [0.2, 0.25) is 0 Å². The molecule has 1 aromatic heterocycles. The Kier molecular flexibility index (Phi) is 2.92. The summed E-state index contributed by atoms with van der Waals surface area (Å²) in [4.78, 5) is 18.0. The van der Waals surface area contributed by atoms with E-state index >= 15 is 0 Å². The van der Waals surface area contributed by atoms with Crippen molar-refractivity contribution < 1.29 is 14.3 Å². The third kappa shape index (κ3) is 2.05. The molecule has 5 nitrogen and oxygen atoms in total. The zero-order valence-electron chi connectivity index (χ0n) is 10.3. The number of hydrogen-bond donors (Lipinski definition) is 0. The van der Waals surface area contributed by atoms with E-state index in [-0.39, 0.29) is 5.97 Å². The minimum absolute atomic E-state index is 0.346. The number of nitrogens with zero attached hydrogens (tertiary/aromatic N) is 2. The smallest absolute Gasteiger partial charge is 0.352 e. The lowest BCUT2D eigenvalue weighted by Crippen LogP contribution is -2.54. The Morgan fingerprint density at radius 1 is 1.71 bits per heavy atom. The Bertz CT molecular complexity index is 436. The molecule has 0 bridgehead atoms. The summed E-state index contributed by atoms with van der Waals surface area (Å²) in [6, 6.07) is 3.58. The van der Waals surface area contributed by atoms with Crippen LogP contribution in [0.4, 0.5) is 5.82 Å². The number of carbonyl (C=O) groups excluding carboxylic acids is 1. The molecule has 0 aliphatic carbocycles. The van der Waals surface area contributed by atoms with Gasteiger partial charge < -0.3 is 14.4 Å². The maximum atomic E-state index is 11.9. The molecule has 1 aliphatic heterocycles. The van der Waals surface area contributed by atoms with E-state index in [9.17, 15) is 4.79 Å². The van der Waals surface area contributed by atoms with Gasteiger partial charge in [0.2, 0.25) is 5.60 Å². The maximum Gasteiger partial charge on any atom is 0.352 e. The van der Waals surface area contributed by atoms with E-state index in [1.807, 2.05) is 11.9 Å². The number of esters is 1. The third-order valence-electron chi connectivity index (χ3n) is 2.69. The molecule has 0 amide bonds. The van der Waals surface area contributed by atoms with E-state index in [0.717, 1.165) is 5.82 Å². The molecule has 0 aromatic carbocycles. The molecule has 1 atom stereocenters. The number of likely N-dealkylation sites (N-methyl/N-ethyl adjacent to an activating group) is 1. The van der Waals surface area contributed by atoms with Crippen molar-refractivity contribution in [3.8, 4) is 5.75 Å². The molecule has 2 heterocycles. The number of carbonyl (C=O) groups is 1. The highest BCUT2D eigenvalue weighted by Gasteiger charge is 2.43. The molecule has 17 heavy (non-hydrogen) atoms. The first kappa shape index (κ1) is 11.7. The first-order chi connectivity index (χ1) is 8.07. The Balaban J connectivity index is 2.29. The topological polar surface area (TPSA) is 51.7 Å². The van der Waals surface area contributed by atoms with Crippen LogP contribution in [0.15, 0.2) is 18.3 Å². The fourth-order valence-corrected chi connectivity index (χ4v) is 1.94. The van der Waals surface area contributed by atoms with E-state index in [1.165, 1.54) is 0 Å². The van der Waals surface area contributed by atoms with Gasteiger partial charge in [-0.3, -0.25) is 0 Å². The van der Waals surface area contributed by atoms with Gasteiger partial charge in [0, 0.05) is 13.2 Å². The lowest BCUT2D eigenvalue weighted by atomic mass is 10.0. The average molecular weight is 236 g/mol. The molecule has 92 valence electrons. The number of rotatable bonds is 2. The molecule has 0 unspecified atom stereocenters. The van der Waals surface area contributed by atoms with Crippen molar-refractivity contribution in [2.45, 2.75) is 19.4 Å². The molecule has 0 N–H and O–H groups in total. The minimum atomic E-state index is -0.971. The molecule has 0 saturated heterocycles. The second-order valence-corrected chi connectivity index (χ2v) is 4.23. The summed E-state index contributed by atoms with van der Waals surface area (Å²) in [5, 5.41) is 0. The van der Waals surface area contributed by atoms with E-state index in [0.29, 0.717) is 18.9 Å². The van der Waals surface area contributed by atoms with E-state index in [1.54, 1.807) is 32.2 Å². The van der Waals surface area contributed by atoms with Crippen molar-refractivity contribution in [2.24, 2.45) is 0 Å². The Labute approximate surface area is 100 Å². The maximum absolute atomic E-state index is 11.9. The van der Waals surface area contributed by atoms with Crippen molar-refractivity contribution in [1.29, 1.82) is 0 Å². The van der Waals surface area contributed by atoms with Crippen LogP contribution in [0.3, 0.4) is 0 Å². The molecule has 1 aromatic rings. The number of ether oxygens (including phenoxy) is 2. The Hall–Kier alpha value is -1.78. The average Bonchev–Trinajstić information content (AvgIpc) is 2.29. The fraction of sp³-hybridized carbons (Fsp3) is 0.500. The normalized spacial score (nSPS) is 22.6. The lowest BCUT2D eigenvalue weighted by Gasteiger charge is -2.38. The van der Waals surface area contributed by atoms with Crippen molar-refractivity contribution in [2.75, 3.05) is 25.1 Å². The predicted octanol–water partition coefficient (Wildman–Crippen LogP) is 1.23. The van der Waals surface area contributed by atoms with Gasteiger partial charge in [-0.25, -0.2) is 9.78 Å². The van der Waals surface area contributed by atoms with Crippen molar-refractivity contribution in [1.82, 2.24) is 4.98 Å². The van der Waals surface area contributed by atoms with Gasteiger partial charge in [0.05, 0.1) is 13.2 Å². The summed E-state index contributed by atoms with van der Waals surface area (Å²) < 4.78 is 10.8. The van der Waals surface area contributed by atoms with Crippen LogP contribution in [-0.4, -0.2) is 36.8 Å². The zero-order valence-corrected chi connectivity index (χ0v) is 10.3. The van der Waals surface area contributed by atoms with Gasteiger partial charge in [0.15, 0.2) is 11.6 Å². The van der Waals surface area contributed by atoms with Gasteiger partial charge in [0.1, 0.15) is 0 Å². The molecule has 2 rings (SSSR count). The summed E-state index contributed by atoms with van der Waals surface area (Å²) in [6.07, 6.45) is 1.70. The van der Waals surface area contributed by atoms with Gasteiger partial charge in [-0.1, -0.05) is 0 Å². The highest BCUT2D eigenvalue weighted by Crippen LogP contribution is 2.34. The summed E-state index contributed by atoms with van der Waals surface area (Å²) in [7, 11) is 1.88. The van der Waals surface area contributed by atoms with Gasteiger partial charge in [-0.05, 0) is 26.0 Å². The van der Waals surface area contributed by atoms with Crippen LogP contribution in [-0.2, 0) is 9.53 Å². The number of pyridine rings is 1. The monoisotopic (exact) mass is 236 g/mol. The van der Waals surface area contributed by atoms with Crippen LogP contribution in [0.5, 0.6) is 5.75 Å². The van der Waals surface area contributed by atoms with Gasteiger partial charge in [-0.2, -0.15) is 0 Å². The molecule has 0 radical (unpaired) electrons. The minimum Gasteiger partial charge on any atom is -0.470 e. The number of fused-ring (bicyclic) bond motifs is 1. The van der Waals surface area contributed by atoms with Gasteiger partial charge in [0.25, 0.3) is 0 Å². The van der Waals surface area contributed by atoms with Crippen LogP contribution < -0.4 is 9.64 Å². The fourth-order valence-electron chi connectivity index (χ4n) is 1.94. The first-order valence-corrected chi connectivity index (χ1v) is 5.59. The summed E-state index contributed by atoms with van der Waals surface area (Å²) >= 11 is 0. The second kappa shape index (κ2) is 4.24. The van der Waals surface area contributed by atoms with Crippen molar-refractivity contribution in [3.05, 3.63) is 18.3 Å². The van der Waals surface area contributed by atoms with Crippen LogP contribution >= 0.6 is 0 Å². The van der Waals surface area contributed by atoms with Crippen molar-refractivity contribution >= 4 is 11.8 Å². The standard InChI is InChI=1S/C12H16N2O3/c1-4-16-11(15)12(2)8-14(3)10-9(17-12)6-5-7-13-10/h5-7H,4,8H2,1-3H3/t12-/m1/s1. The Morgan fingerprint density at radius 2 is 2.47 bits per heavy atom. The van der Waals surface area contributed by atoms with Crippen molar-refractivity contribution in [3.63, 3.8) is 0 Å². The molecule has 5 heteroatoms. The Morgan fingerprint density at radius 3 is 3.18 bits per heavy atom. The summed E-state index contributed by atoms with van der Waals surface area (Å²) in [5.74, 6) is 1.01. The van der Waals surface area contributed by atoms with Crippen LogP contribution in [0.1, 0.15) is 13.8 Å². The number of anilines is 1. The van der Waals surface area contributed by atoms with E-state index in [4.69, 9.17) is 9.47 Å². The predicted molar refractivity (Wildman–Crippen MR) is 63.2 cm³/mol. The first-order valence-electron chi connectivity index (χ1n) is 5.59. The molecule has 0 saturated carbocycles. The number of aromatic nitrogens is 1. The van der Waals surface area contributed by atoms with Crippen LogP contribution in [0.25, 0.3) is 0 Å². The molecular formula is C12H16N2O3. The van der Waals surface area contributed by atoms with Gasteiger partial charge in [-0.15, -0.1) is 0 Å². The van der Waals surface area contributed by atoms with E-state index < -0.39 is 5.60 Å². The third-order valence-corrected chi connectivity index (χ3v) is 2.69. The molecule has 0 spiro atoms. The highest BCUT2D eigenvalue weighted by molar-refractivity contribution is 5.82. The second-order valence-electron chi connectivity index (χ2n) is 4.23. The van der Waals surface area contributed by atoms with Crippen LogP contribution in [0, 0.1) is 0 Å². The van der Waals surface area contributed by atoms with E-state index in [2.05, 4.69) is 4.98 Å². The van der Waals surface area contributed by atoms with Gasteiger partial charge >= 0.3 is 5.97 Å². The quantitative estimate of drug-likeness (QED) is 0.723. The highest BCUT2D eigenvalue weighted by atomic mass is 16.6. The molecule has 0 fully saturated rings.